The SMILES string of the molecule is CC#CCNCCc1ccc(OC)cc1. The molecule has 0 heterocycles. The van der Waals surface area contributed by atoms with Crippen LogP contribution >= 0.6 is 0 Å². The van der Waals surface area contributed by atoms with Crippen molar-refractivity contribution in [3.8, 4) is 17.6 Å². The molecule has 0 amide bonds. The van der Waals surface area contributed by atoms with Gasteiger partial charge in [-0.25, -0.2) is 0 Å². The van der Waals surface area contributed by atoms with Crippen molar-refractivity contribution in [1.82, 2.24) is 5.32 Å². The van der Waals surface area contributed by atoms with Crippen LogP contribution in [0.1, 0.15) is 12.5 Å². The van der Waals surface area contributed by atoms with E-state index in [1.54, 1.807) is 7.11 Å². The Kier molecular flexibility index (Phi) is 5.35. The lowest BCUT2D eigenvalue weighted by Crippen LogP contribution is -2.17. The summed E-state index contributed by atoms with van der Waals surface area (Å²) in [6.45, 7) is 3.58. The molecule has 0 aliphatic carbocycles. The summed E-state index contributed by atoms with van der Waals surface area (Å²) in [6, 6.07) is 8.15. The van der Waals surface area contributed by atoms with Crippen LogP contribution in [0.3, 0.4) is 0 Å². The van der Waals surface area contributed by atoms with Crippen molar-refractivity contribution in [2.24, 2.45) is 0 Å². The van der Waals surface area contributed by atoms with Crippen molar-refractivity contribution in [2.75, 3.05) is 20.2 Å². The van der Waals surface area contributed by atoms with Crippen molar-refractivity contribution >= 4 is 0 Å². The van der Waals surface area contributed by atoms with Gasteiger partial charge in [0.25, 0.3) is 0 Å². The fraction of sp³-hybridized carbons (Fsp3) is 0.385. The molecule has 0 aromatic heterocycles. The van der Waals surface area contributed by atoms with Crippen molar-refractivity contribution in [1.29, 1.82) is 0 Å². The topological polar surface area (TPSA) is 21.3 Å². The minimum Gasteiger partial charge on any atom is -0.497 e. The van der Waals surface area contributed by atoms with Crippen molar-refractivity contribution in [3.63, 3.8) is 0 Å². The molecule has 0 fully saturated rings. The van der Waals surface area contributed by atoms with E-state index in [9.17, 15) is 0 Å². The summed E-state index contributed by atoms with van der Waals surface area (Å²) in [5.74, 6) is 6.73. The molecule has 0 atom stereocenters. The quantitative estimate of drug-likeness (QED) is 0.582. The third-order valence-electron chi connectivity index (χ3n) is 2.14. The molecule has 0 aliphatic rings. The molecule has 15 heavy (non-hydrogen) atoms. The second-order valence-corrected chi connectivity index (χ2v) is 3.20. The fourth-order valence-electron chi connectivity index (χ4n) is 1.26. The van der Waals surface area contributed by atoms with Crippen LogP contribution in [0.15, 0.2) is 24.3 Å². The smallest absolute Gasteiger partial charge is 0.118 e. The fourth-order valence-corrected chi connectivity index (χ4v) is 1.26. The predicted molar refractivity (Wildman–Crippen MR) is 63.0 cm³/mol. The van der Waals surface area contributed by atoms with E-state index in [4.69, 9.17) is 4.74 Å². The van der Waals surface area contributed by atoms with Gasteiger partial charge in [0, 0.05) is 6.54 Å². The summed E-state index contributed by atoms with van der Waals surface area (Å²) in [7, 11) is 1.68. The first-order valence-electron chi connectivity index (χ1n) is 5.10. The van der Waals surface area contributed by atoms with Crippen LogP contribution in [0.4, 0.5) is 0 Å². The van der Waals surface area contributed by atoms with Crippen LogP contribution in [-0.2, 0) is 6.42 Å². The van der Waals surface area contributed by atoms with E-state index in [1.807, 2.05) is 19.1 Å². The highest BCUT2D eigenvalue weighted by Crippen LogP contribution is 2.11. The van der Waals surface area contributed by atoms with Gasteiger partial charge in [0.05, 0.1) is 13.7 Å². The molecule has 1 aromatic carbocycles. The molecule has 1 aromatic rings. The Hall–Kier alpha value is -1.46. The van der Waals surface area contributed by atoms with Crippen molar-refractivity contribution in [2.45, 2.75) is 13.3 Å². The summed E-state index contributed by atoms with van der Waals surface area (Å²) in [5.41, 5.74) is 1.31. The van der Waals surface area contributed by atoms with Gasteiger partial charge in [0.2, 0.25) is 0 Å². The molecule has 0 spiro atoms. The Labute approximate surface area is 91.6 Å². The lowest BCUT2D eigenvalue weighted by molar-refractivity contribution is 0.414. The zero-order chi connectivity index (χ0) is 10.9. The zero-order valence-corrected chi connectivity index (χ0v) is 9.34. The van der Waals surface area contributed by atoms with E-state index < -0.39 is 0 Å². The number of hydrogen-bond donors (Lipinski definition) is 1. The van der Waals surface area contributed by atoms with E-state index in [0.29, 0.717) is 0 Å². The van der Waals surface area contributed by atoms with Gasteiger partial charge in [-0.3, -0.25) is 0 Å². The van der Waals surface area contributed by atoms with Gasteiger partial charge in [-0.05, 0) is 31.0 Å². The maximum absolute atomic E-state index is 5.09. The molecule has 2 heteroatoms. The van der Waals surface area contributed by atoms with Crippen LogP contribution in [0.5, 0.6) is 5.75 Å². The number of methoxy groups -OCH3 is 1. The molecule has 1 N–H and O–H groups in total. The lowest BCUT2D eigenvalue weighted by atomic mass is 10.1. The second-order valence-electron chi connectivity index (χ2n) is 3.20. The summed E-state index contributed by atoms with van der Waals surface area (Å²) in [6.07, 6.45) is 1.02. The lowest BCUT2D eigenvalue weighted by Gasteiger charge is -2.03. The molecule has 0 radical (unpaired) electrons. The third-order valence-corrected chi connectivity index (χ3v) is 2.14. The molecular weight excluding hydrogens is 186 g/mol. The Balaban J connectivity index is 2.27. The Morgan fingerprint density at radius 2 is 2.00 bits per heavy atom. The van der Waals surface area contributed by atoms with Crippen LogP contribution in [0.25, 0.3) is 0 Å². The van der Waals surface area contributed by atoms with Crippen molar-refractivity contribution < 1.29 is 4.74 Å². The van der Waals surface area contributed by atoms with E-state index >= 15 is 0 Å². The van der Waals surface area contributed by atoms with E-state index in [0.717, 1.165) is 25.3 Å². The molecule has 0 saturated heterocycles. The van der Waals surface area contributed by atoms with E-state index in [2.05, 4.69) is 29.3 Å². The number of benzene rings is 1. The average molecular weight is 203 g/mol. The summed E-state index contributed by atoms with van der Waals surface area (Å²) in [5, 5.41) is 3.26. The van der Waals surface area contributed by atoms with Gasteiger partial charge >= 0.3 is 0 Å². The molecule has 0 aliphatic heterocycles. The average Bonchev–Trinajstić information content (AvgIpc) is 2.30. The highest BCUT2D eigenvalue weighted by atomic mass is 16.5. The normalized spacial score (nSPS) is 9.20. The van der Waals surface area contributed by atoms with Crippen LogP contribution < -0.4 is 10.1 Å². The van der Waals surface area contributed by atoms with Gasteiger partial charge in [-0.1, -0.05) is 18.1 Å². The minimum atomic E-state index is 0.770. The van der Waals surface area contributed by atoms with Crippen LogP contribution in [-0.4, -0.2) is 20.2 Å². The standard InChI is InChI=1S/C13H17NO/c1-3-4-10-14-11-9-12-5-7-13(15-2)8-6-12/h5-8,14H,9-11H2,1-2H3. The molecule has 0 saturated carbocycles. The van der Waals surface area contributed by atoms with E-state index in [-0.39, 0.29) is 0 Å². The maximum Gasteiger partial charge on any atom is 0.118 e. The van der Waals surface area contributed by atoms with Gasteiger partial charge in [-0.15, -0.1) is 5.92 Å². The molecule has 2 nitrogen and oxygen atoms in total. The minimum absolute atomic E-state index is 0.770. The van der Waals surface area contributed by atoms with Crippen LogP contribution in [0, 0.1) is 11.8 Å². The van der Waals surface area contributed by atoms with Gasteiger partial charge < -0.3 is 10.1 Å². The molecular formula is C13H17NO. The molecule has 0 unspecified atom stereocenters. The van der Waals surface area contributed by atoms with Gasteiger partial charge in [0.15, 0.2) is 0 Å². The monoisotopic (exact) mass is 203 g/mol. The first kappa shape index (κ1) is 11.6. The summed E-state index contributed by atoms with van der Waals surface area (Å²) in [4.78, 5) is 0. The summed E-state index contributed by atoms with van der Waals surface area (Å²) >= 11 is 0. The molecule has 0 bridgehead atoms. The highest BCUT2D eigenvalue weighted by molar-refractivity contribution is 5.27. The second kappa shape index (κ2) is 6.92. The number of rotatable bonds is 5. The zero-order valence-electron chi connectivity index (χ0n) is 9.34. The summed E-state index contributed by atoms with van der Waals surface area (Å²) < 4.78 is 5.09. The number of nitrogens with one attached hydrogen (secondary N) is 1. The van der Waals surface area contributed by atoms with Gasteiger partial charge in [0.1, 0.15) is 5.75 Å². The number of ether oxygens (including phenoxy) is 1. The Morgan fingerprint density at radius 1 is 1.27 bits per heavy atom. The Bertz CT molecular complexity index is 332. The third kappa shape index (κ3) is 4.53. The first-order valence-corrected chi connectivity index (χ1v) is 5.10. The van der Waals surface area contributed by atoms with Gasteiger partial charge in [-0.2, -0.15) is 0 Å². The maximum atomic E-state index is 5.09. The molecule has 1 rings (SSSR count). The molecule has 80 valence electrons. The first-order chi connectivity index (χ1) is 7.36. The van der Waals surface area contributed by atoms with Crippen molar-refractivity contribution in [3.05, 3.63) is 29.8 Å². The largest absolute Gasteiger partial charge is 0.497 e. The Morgan fingerprint density at radius 3 is 2.60 bits per heavy atom. The number of hydrogen-bond acceptors (Lipinski definition) is 2. The van der Waals surface area contributed by atoms with E-state index in [1.165, 1.54) is 5.56 Å². The highest BCUT2D eigenvalue weighted by Gasteiger charge is 1.93. The predicted octanol–water partition coefficient (Wildman–Crippen LogP) is 1.85. The van der Waals surface area contributed by atoms with Crippen LogP contribution in [0.2, 0.25) is 0 Å².